The molecule has 3 atom stereocenters. The lowest BCUT2D eigenvalue weighted by molar-refractivity contribution is 0.293. The average Bonchev–Trinajstić information content (AvgIpc) is 2.39. The van der Waals surface area contributed by atoms with Gasteiger partial charge in [-0.2, -0.15) is 0 Å². The topological polar surface area (TPSA) is 60.2 Å². The van der Waals surface area contributed by atoms with Crippen molar-refractivity contribution in [1.29, 1.82) is 0 Å². The average molecular weight is 273 g/mol. The van der Waals surface area contributed by atoms with Gasteiger partial charge in [0.25, 0.3) is 0 Å². The Labute approximate surface area is 111 Å². The second-order valence-electron chi connectivity index (χ2n) is 6.30. The van der Waals surface area contributed by atoms with Crippen LogP contribution >= 0.6 is 0 Å². The zero-order valence-electron chi connectivity index (χ0n) is 11.5. The third kappa shape index (κ3) is 2.90. The molecule has 0 aliphatic heterocycles. The molecule has 2 N–H and O–H groups in total. The van der Waals surface area contributed by atoms with Crippen LogP contribution in [0.15, 0.2) is 0 Å². The number of rotatable bonds is 3. The van der Waals surface area contributed by atoms with E-state index in [2.05, 4.69) is 6.92 Å². The standard InChI is InChI=1S/C14H27NO2S/c1-11-7-8-12(10-15)14(9-11)18(16,17)13-5-3-2-4-6-13/h11-14H,2-10,15H2,1H3. The maximum Gasteiger partial charge on any atom is 0.156 e. The molecule has 0 bridgehead atoms. The summed E-state index contributed by atoms with van der Waals surface area (Å²) in [5.41, 5.74) is 5.80. The van der Waals surface area contributed by atoms with Crippen molar-refractivity contribution in [2.75, 3.05) is 6.54 Å². The second kappa shape index (κ2) is 5.91. The Morgan fingerprint density at radius 1 is 1.06 bits per heavy atom. The van der Waals surface area contributed by atoms with Gasteiger partial charge in [-0.3, -0.25) is 0 Å². The normalized spacial score (nSPS) is 35.6. The molecule has 2 aliphatic rings. The molecule has 2 aliphatic carbocycles. The molecule has 0 aromatic heterocycles. The van der Waals surface area contributed by atoms with Gasteiger partial charge in [0, 0.05) is 0 Å². The Bertz CT molecular complexity index is 360. The van der Waals surface area contributed by atoms with Crippen LogP contribution in [0.3, 0.4) is 0 Å². The minimum atomic E-state index is -2.96. The molecule has 2 saturated carbocycles. The molecule has 2 rings (SSSR count). The van der Waals surface area contributed by atoms with Crippen molar-refractivity contribution >= 4 is 9.84 Å². The molecule has 18 heavy (non-hydrogen) atoms. The summed E-state index contributed by atoms with van der Waals surface area (Å²) in [6.45, 7) is 2.71. The van der Waals surface area contributed by atoms with E-state index < -0.39 is 9.84 Å². The first-order chi connectivity index (χ1) is 8.55. The molecule has 0 amide bonds. The highest BCUT2D eigenvalue weighted by molar-refractivity contribution is 7.92. The van der Waals surface area contributed by atoms with Crippen LogP contribution in [0.25, 0.3) is 0 Å². The van der Waals surface area contributed by atoms with Gasteiger partial charge < -0.3 is 5.73 Å². The minimum absolute atomic E-state index is 0.0735. The molecule has 0 spiro atoms. The van der Waals surface area contributed by atoms with Gasteiger partial charge >= 0.3 is 0 Å². The fourth-order valence-corrected chi connectivity index (χ4v) is 6.57. The summed E-state index contributed by atoms with van der Waals surface area (Å²) in [5.74, 6) is 0.740. The molecular formula is C14H27NO2S. The smallest absolute Gasteiger partial charge is 0.156 e. The van der Waals surface area contributed by atoms with Gasteiger partial charge in [0.05, 0.1) is 10.5 Å². The van der Waals surface area contributed by atoms with Gasteiger partial charge in [0.1, 0.15) is 0 Å². The molecule has 0 radical (unpaired) electrons. The summed E-state index contributed by atoms with van der Waals surface area (Å²) in [4.78, 5) is 0. The van der Waals surface area contributed by atoms with Gasteiger partial charge in [-0.1, -0.05) is 32.6 Å². The zero-order chi connectivity index (χ0) is 13.2. The summed E-state index contributed by atoms with van der Waals surface area (Å²) in [6.07, 6.45) is 8.09. The van der Waals surface area contributed by atoms with Crippen molar-refractivity contribution in [3.8, 4) is 0 Å². The van der Waals surface area contributed by atoms with Gasteiger partial charge in [0.2, 0.25) is 0 Å². The quantitative estimate of drug-likeness (QED) is 0.859. The van der Waals surface area contributed by atoms with Gasteiger partial charge in [-0.05, 0) is 44.1 Å². The fraction of sp³-hybridized carbons (Fsp3) is 1.00. The van der Waals surface area contributed by atoms with E-state index in [0.717, 1.165) is 44.9 Å². The summed E-state index contributed by atoms with van der Waals surface area (Å²) >= 11 is 0. The van der Waals surface area contributed by atoms with E-state index in [1.54, 1.807) is 0 Å². The summed E-state index contributed by atoms with van der Waals surface area (Å²) < 4.78 is 25.6. The largest absolute Gasteiger partial charge is 0.330 e. The van der Waals surface area contributed by atoms with Crippen molar-refractivity contribution in [2.45, 2.75) is 68.8 Å². The van der Waals surface area contributed by atoms with E-state index in [9.17, 15) is 8.42 Å². The molecule has 3 nitrogen and oxygen atoms in total. The highest BCUT2D eigenvalue weighted by Crippen LogP contribution is 2.37. The first-order valence-corrected chi connectivity index (χ1v) is 9.09. The minimum Gasteiger partial charge on any atom is -0.330 e. The summed E-state index contributed by atoms with van der Waals surface area (Å²) in [7, 11) is -2.96. The number of hydrogen-bond donors (Lipinski definition) is 1. The Morgan fingerprint density at radius 3 is 2.33 bits per heavy atom. The SMILES string of the molecule is CC1CCC(CN)C(S(=O)(=O)C2CCCCC2)C1. The van der Waals surface area contributed by atoms with E-state index in [0.29, 0.717) is 12.5 Å². The van der Waals surface area contributed by atoms with Gasteiger partial charge in [0.15, 0.2) is 9.84 Å². The number of hydrogen-bond acceptors (Lipinski definition) is 3. The molecule has 0 aromatic carbocycles. The van der Waals surface area contributed by atoms with Crippen LogP contribution in [0.1, 0.15) is 58.3 Å². The van der Waals surface area contributed by atoms with Crippen LogP contribution in [0.5, 0.6) is 0 Å². The van der Waals surface area contributed by atoms with Crippen LogP contribution < -0.4 is 5.73 Å². The van der Waals surface area contributed by atoms with Crippen molar-refractivity contribution in [1.82, 2.24) is 0 Å². The fourth-order valence-electron chi connectivity index (χ4n) is 3.70. The number of sulfone groups is 1. The van der Waals surface area contributed by atoms with Crippen molar-refractivity contribution in [3.05, 3.63) is 0 Å². The molecule has 106 valence electrons. The van der Waals surface area contributed by atoms with Gasteiger partial charge in [-0.25, -0.2) is 8.42 Å². The van der Waals surface area contributed by atoms with E-state index in [1.165, 1.54) is 6.42 Å². The van der Waals surface area contributed by atoms with Gasteiger partial charge in [-0.15, -0.1) is 0 Å². The summed E-state index contributed by atoms with van der Waals surface area (Å²) in [6, 6.07) is 0. The van der Waals surface area contributed by atoms with E-state index in [-0.39, 0.29) is 16.4 Å². The van der Waals surface area contributed by atoms with Crippen LogP contribution in [0, 0.1) is 11.8 Å². The Hall–Kier alpha value is -0.0900. The van der Waals surface area contributed by atoms with Crippen molar-refractivity contribution in [3.63, 3.8) is 0 Å². The third-order valence-corrected chi connectivity index (χ3v) is 7.75. The summed E-state index contributed by atoms with van der Waals surface area (Å²) in [5, 5.41) is -0.232. The third-order valence-electron chi connectivity index (χ3n) is 4.93. The van der Waals surface area contributed by atoms with Crippen LogP contribution in [-0.2, 0) is 9.84 Å². The molecule has 0 heterocycles. The first-order valence-electron chi connectivity index (χ1n) is 7.48. The van der Waals surface area contributed by atoms with Crippen molar-refractivity contribution in [2.24, 2.45) is 17.6 Å². The zero-order valence-corrected chi connectivity index (χ0v) is 12.3. The first kappa shape index (κ1) is 14.3. The van der Waals surface area contributed by atoms with E-state index in [4.69, 9.17) is 5.73 Å². The number of nitrogens with two attached hydrogens (primary N) is 1. The second-order valence-corrected chi connectivity index (χ2v) is 8.75. The van der Waals surface area contributed by atoms with Crippen molar-refractivity contribution < 1.29 is 8.42 Å². The van der Waals surface area contributed by atoms with Crippen LogP contribution in [0.4, 0.5) is 0 Å². The lowest BCUT2D eigenvalue weighted by Crippen LogP contribution is -2.44. The molecule has 4 heteroatoms. The lowest BCUT2D eigenvalue weighted by Gasteiger charge is -2.36. The maximum atomic E-state index is 12.8. The Kier molecular flexibility index (Phi) is 4.70. The Morgan fingerprint density at radius 2 is 1.72 bits per heavy atom. The molecule has 3 unspecified atom stereocenters. The van der Waals surface area contributed by atoms with Crippen LogP contribution in [-0.4, -0.2) is 25.5 Å². The predicted octanol–water partition coefficient (Wildman–Crippen LogP) is 2.50. The molecular weight excluding hydrogens is 246 g/mol. The lowest BCUT2D eigenvalue weighted by atomic mass is 9.82. The predicted molar refractivity (Wildman–Crippen MR) is 75.1 cm³/mol. The molecule has 0 aromatic rings. The highest BCUT2D eigenvalue weighted by atomic mass is 32.2. The van der Waals surface area contributed by atoms with E-state index in [1.807, 2.05) is 0 Å². The molecule has 2 fully saturated rings. The Balaban J connectivity index is 2.15. The van der Waals surface area contributed by atoms with E-state index >= 15 is 0 Å². The molecule has 0 saturated heterocycles. The highest BCUT2D eigenvalue weighted by Gasteiger charge is 2.41. The monoisotopic (exact) mass is 273 g/mol. The maximum absolute atomic E-state index is 12.8. The van der Waals surface area contributed by atoms with Crippen LogP contribution in [0.2, 0.25) is 0 Å².